The predicted molar refractivity (Wildman–Crippen MR) is 86.3 cm³/mol. The van der Waals surface area contributed by atoms with Gasteiger partial charge in [-0.05, 0) is 53.4 Å². The van der Waals surface area contributed by atoms with Gasteiger partial charge >= 0.3 is 0 Å². The van der Waals surface area contributed by atoms with Crippen LogP contribution in [0.15, 0.2) is 41.1 Å². The van der Waals surface area contributed by atoms with Crippen LogP contribution in [-0.2, 0) is 13.2 Å². The number of hydrogen-bond donors (Lipinski definition) is 1. The van der Waals surface area contributed by atoms with Crippen LogP contribution < -0.4 is 0 Å². The molecule has 1 atom stereocenters. The number of aliphatic hydroxyl groups excluding tert-OH is 1. The van der Waals surface area contributed by atoms with E-state index >= 15 is 0 Å². The van der Waals surface area contributed by atoms with E-state index in [1.807, 2.05) is 10.3 Å². The fraction of sp³-hybridized carbons (Fsp3) is 0.353. The smallest absolute Gasteiger partial charge is 0.254 e. The molecule has 4 heteroatoms. The van der Waals surface area contributed by atoms with E-state index in [1.54, 1.807) is 35.6 Å². The molecule has 1 amide bonds. The van der Waals surface area contributed by atoms with Gasteiger partial charge in [0.15, 0.2) is 0 Å². The highest BCUT2D eigenvalue weighted by molar-refractivity contribution is 7.07. The summed E-state index contributed by atoms with van der Waals surface area (Å²) < 4.78 is 0. The third-order valence-electron chi connectivity index (χ3n) is 3.70. The van der Waals surface area contributed by atoms with E-state index in [0.29, 0.717) is 12.1 Å². The summed E-state index contributed by atoms with van der Waals surface area (Å²) in [6.07, 6.45) is 0.921. The number of benzene rings is 1. The molecule has 21 heavy (non-hydrogen) atoms. The molecule has 0 saturated heterocycles. The second-order valence-corrected chi connectivity index (χ2v) is 5.96. The number of hydrogen-bond acceptors (Lipinski definition) is 3. The lowest BCUT2D eigenvalue weighted by molar-refractivity contribution is 0.0672. The summed E-state index contributed by atoms with van der Waals surface area (Å²) in [6, 6.07) is 9.42. The van der Waals surface area contributed by atoms with E-state index in [1.165, 1.54) is 5.56 Å². The van der Waals surface area contributed by atoms with Gasteiger partial charge in [-0.15, -0.1) is 0 Å². The second kappa shape index (κ2) is 7.38. The number of amides is 1. The van der Waals surface area contributed by atoms with Crippen LogP contribution in [0.1, 0.15) is 41.8 Å². The highest BCUT2D eigenvalue weighted by Crippen LogP contribution is 2.17. The molecule has 0 spiro atoms. The molecule has 0 saturated carbocycles. The third-order valence-corrected chi connectivity index (χ3v) is 4.43. The van der Waals surface area contributed by atoms with Crippen molar-refractivity contribution in [2.75, 3.05) is 0 Å². The van der Waals surface area contributed by atoms with Gasteiger partial charge in [0, 0.05) is 18.2 Å². The summed E-state index contributed by atoms with van der Waals surface area (Å²) in [6.45, 7) is 4.80. The van der Waals surface area contributed by atoms with E-state index in [0.717, 1.165) is 12.0 Å². The van der Waals surface area contributed by atoms with Crippen LogP contribution in [0, 0.1) is 0 Å². The molecule has 1 heterocycles. The first kappa shape index (κ1) is 15.7. The molecule has 0 bridgehead atoms. The molecular formula is C17H21NO2S. The minimum absolute atomic E-state index is 0.00154. The Morgan fingerprint density at radius 1 is 1.24 bits per heavy atom. The largest absolute Gasteiger partial charge is 0.392 e. The van der Waals surface area contributed by atoms with Crippen molar-refractivity contribution in [2.24, 2.45) is 0 Å². The van der Waals surface area contributed by atoms with Crippen molar-refractivity contribution in [3.63, 3.8) is 0 Å². The average Bonchev–Trinajstić information content (AvgIpc) is 3.04. The van der Waals surface area contributed by atoms with E-state index in [4.69, 9.17) is 5.11 Å². The molecule has 1 aromatic heterocycles. The van der Waals surface area contributed by atoms with E-state index in [-0.39, 0.29) is 18.6 Å². The topological polar surface area (TPSA) is 40.5 Å². The average molecular weight is 303 g/mol. The molecule has 2 rings (SSSR count). The molecule has 112 valence electrons. The number of rotatable bonds is 6. The molecule has 0 fully saturated rings. The lowest BCUT2D eigenvalue weighted by Gasteiger charge is -2.28. The normalized spacial score (nSPS) is 12.1. The lowest BCUT2D eigenvalue weighted by Crippen LogP contribution is -2.37. The molecule has 0 aliphatic carbocycles. The maximum Gasteiger partial charge on any atom is 0.254 e. The Morgan fingerprint density at radius 2 is 1.95 bits per heavy atom. The number of nitrogens with zero attached hydrogens (tertiary/aromatic N) is 1. The van der Waals surface area contributed by atoms with Gasteiger partial charge in [-0.25, -0.2) is 0 Å². The Labute approximate surface area is 129 Å². The molecule has 0 radical (unpaired) electrons. The summed E-state index contributed by atoms with van der Waals surface area (Å²) in [5, 5.41) is 13.2. The summed E-state index contributed by atoms with van der Waals surface area (Å²) in [4.78, 5) is 14.7. The van der Waals surface area contributed by atoms with Gasteiger partial charge < -0.3 is 10.0 Å². The molecule has 2 aromatic rings. The van der Waals surface area contributed by atoms with Crippen molar-refractivity contribution in [1.82, 2.24) is 4.90 Å². The third kappa shape index (κ3) is 3.93. The predicted octanol–water partition coefficient (Wildman–Crippen LogP) is 3.68. The molecule has 0 unspecified atom stereocenters. The lowest BCUT2D eigenvalue weighted by atomic mass is 10.1. The molecule has 0 aliphatic heterocycles. The van der Waals surface area contributed by atoms with Gasteiger partial charge in [0.25, 0.3) is 5.91 Å². The molecule has 1 aromatic carbocycles. The quantitative estimate of drug-likeness (QED) is 0.884. The van der Waals surface area contributed by atoms with Crippen LogP contribution in [0.5, 0.6) is 0 Å². The van der Waals surface area contributed by atoms with Crippen LogP contribution >= 0.6 is 11.3 Å². The summed E-state index contributed by atoms with van der Waals surface area (Å²) in [5.74, 6) is 0.0417. The fourth-order valence-electron chi connectivity index (χ4n) is 2.15. The first-order chi connectivity index (χ1) is 10.2. The van der Waals surface area contributed by atoms with Crippen molar-refractivity contribution in [3.8, 4) is 0 Å². The number of aliphatic hydroxyl groups is 1. The van der Waals surface area contributed by atoms with E-state index < -0.39 is 0 Å². The minimum Gasteiger partial charge on any atom is -0.392 e. The zero-order valence-electron chi connectivity index (χ0n) is 12.5. The molecule has 0 aliphatic rings. The zero-order valence-corrected chi connectivity index (χ0v) is 13.3. The Morgan fingerprint density at radius 3 is 2.48 bits per heavy atom. The molecule has 3 nitrogen and oxygen atoms in total. The first-order valence-corrected chi connectivity index (χ1v) is 8.11. The van der Waals surface area contributed by atoms with Crippen LogP contribution in [0.2, 0.25) is 0 Å². The van der Waals surface area contributed by atoms with E-state index in [2.05, 4.69) is 25.3 Å². The van der Waals surface area contributed by atoms with E-state index in [9.17, 15) is 4.79 Å². The van der Waals surface area contributed by atoms with Gasteiger partial charge in [-0.1, -0.05) is 19.1 Å². The van der Waals surface area contributed by atoms with Crippen LogP contribution in [0.3, 0.4) is 0 Å². The van der Waals surface area contributed by atoms with Crippen LogP contribution in [0.25, 0.3) is 0 Å². The molecule has 1 N–H and O–H groups in total. The maximum atomic E-state index is 12.7. The van der Waals surface area contributed by atoms with Crippen molar-refractivity contribution in [1.29, 1.82) is 0 Å². The van der Waals surface area contributed by atoms with Crippen LogP contribution in [-0.4, -0.2) is 22.0 Å². The Balaban J connectivity index is 2.20. The van der Waals surface area contributed by atoms with Gasteiger partial charge in [-0.3, -0.25) is 4.79 Å². The van der Waals surface area contributed by atoms with Crippen molar-refractivity contribution in [2.45, 2.75) is 39.5 Å². The fourth-order valence-corrected chi connectivity index (χ4v) is 2.81. The van der Waals surface area contributed by atoms with Crippen molar-refractivity contribution in [3.05, 3.63) is 57.8 Å². The Kier molecular flexibility index (Phi) is 5.53. The van der Waals surface area contributed by atoms with Gasteiger partial charge in [0.05, 0.1) is 6.61 Å². The highest BCUT2D eigenvalue weighted by atomic mass is 32.1. The van der Waals surface area contributed by atoms with Crippen LogP contribution in [0.4, 0.5) is 0 Å². The summed E-state index contributed by atoms with van der Waals surface area (Å²) in [5.41, 5.74) is 2.66. The SMILES string of the molecule is CC[C@H](C)N(Cc1ccsc1)C(=O)c1ccc(CO)cc1. The summed E-state index contributed by atoms with van der Waals surface area (Å²) >= 11 is 1.65. The Bertz CT molecular complexity index is 563. The highest BCUT2D eigenvalue weighted by Gasteiger charge is 2.20. The number of thiophene rings is 1. The molecular weight excluding hydrogens is 282 g/mol. The summed E-state index contributed by atoms with van der Waals surface area (Å²) in [7, 11) is 0. The minimum atomic E-state index is -0.00154. The number of carbonyl (C=O) groups excluding carboxylic acids is 1. The monoisotopic (exact) mass is 303 g/mol. The number of carbonyl (C=O) groups is 1. The van der Waals surface area contributed by atoms with Gasteiger partial charge in [-0.2, -0.15) is 11.3 Å². The van der Waals surface area contributed by atoms with Crippen molar-refractivity contribution < 1.29 is 9.90 Å². The standard InChI is InChI=1S/C17H21NO2S/c1-3-13(2)18(10-15-8-9-21-12-15)17(20)16-6-4-14(11-19)5-7-16/h4-9,12-13,19H,3,10-11H2,1-2H3/t13-/m0/s1. The van der Waals surface area contributed by atoms with Gasteiger partial charge in [0.2, 0.25) is 0 Å². The van der Waals surface area contributed by atoms with Crippen molar-refractivity contribution >= 4 is 17.2 Å². The van der Waals surface area contributed by atoms with Gasteiger partial charge in [0.1, 0.15) is 0 Å². The maximum absolute atomic E-state index is 12.7. The second-order valence-electron chi connectivity index (χ2n) is 5.18. The zero-order chi connectivity index (χ0) is 15.2. The Hall–Kier alpha value is -1.65. The first-order valence-electron chi connectivity index (χ1n) is 7.17.